The van der Waals surface area contributed by atoms with E-state index in [2.05, 4.69) is 17.2 Å². The van der Waals surface area contributed by atoms with Crippen LogP contribution in [0.15, 0.2) is 5.38 Å². The molecule has 0 spiro atoms. The number of thiazole rings is 1. The van der Waals surface area contributed by atoms with Crippen LogP contribution >= 0.6 is 11.3 Å². The minimum Gasteiger partial charge on any atom is -0.317 e. The van der Waals surface area contributed by atoms with E-state index < -0.39 is 0 Å². The van der Waals surface area contributed by atoms with Gasteiger partial charge >= 0.3 is 0 Å². The Balaban J connectivity index is 2.01. The SMILES string of the molecule is Cc1csc(CC(=O)C2(C)CCNCC2)n1. The summed E-state index contributed by atoms with van der Waals surface area (Å²) in [6.45, 7) is 5.98. The Morgan fingerprint density at radius 1 is 1.56 bits per heavy atom. The molecule has 16 heavy (non-hydrogen) atoms. The minimum absolute atomic E-state index is 0.134. The van der Waals surface area contributed by atoms with Crippen molar-refractivity contribution in [1.29, 1.82) is 0 Å². The number of aromatic nitrogens is 1. The first-order valence-electron chi connectivity index (χ1n) is 5.75. The number of carbonyl (C=O) groups excluding carboxylic acids is 1. The van der Waals surface area contributed by atoms with E-state index in [1.807, 2.05) is 12.3 Å². The fraction of sp³-hybridized carbons (Fsp3) is 0.667. The lowest BCUT2D eigenvalue weighted by Gasteiger charge is -2.32. The Hall–Kier alpha value is -0.740. The first-order chi connectivity index (χ1) is 7.60. The molecule has 2 rings (SSSR count). The minimum atomic E-state index is -0.134. The van der Waals surface area contributed by atoms with Gasteiger partial charge < -0.3 is 5.32 Å². The highest BCUT2D eigenvalue weighted by Gasteiger charge is 2.34. The van der Waals surface area contributed by atoms with Crippen LogP contribution < -0.4 is 5.32 Å². The molecule has 3 nitrogen and oxygen atoms in total. The zero-order valence-electron chi connectivity index (χ0n) is 9.88. The van der Waals surface area contributed by atoms with E-state index in [1.165, 1.54) is 0 Å². The summed E-state index contributed by atoms with van der Waals surface area (Å²) in [6, 6.07) is 0. The fourth-order valence-electron chi connectivity index (χ4n) is 2.09. The molecule has 0 atom stereocenters. The molecule has 1 saturated heterocycles. The molecule has 1 N–H and O–H groups in total. The van der Waals surface area contributed by atoms with Crippen LogP contribution in [-0.2, 0) is 11.2 Å². The van der Waals surface area contributed by atoms with Gasteiger partial charge in [0.2, 0.25) is 0 Å². The average molecular weight is 238 g/mol. The number of ketones is 1. The largest absolute Gasteiger partial charge is 0.317 e. The second-order valence-electron chi connectivity index (χ2n) is 4.79. The summed E-state index contributed by atoms with van der Waals surface area (Å²) in [7, 11) is 0. The molecule has 88 valence electrons. The van der Waals surface area contributed by atoms with Crippen LogP contribution in [0.3, 0.4) is 0 Å². The van der Waals surface area contributed by atoms with Crippen LogP contribution in [0.1, 0.15) is 30.5 Å². The molecule has 0 saturated carbocycles. The lowest BCUT2D eigenvalue weighted by Crippen LogP contribution is -2.40. The van der Waals surface area contributed by atoms with E-state index in [0.717, 1.165) is 36.6 Å². The highest BCUT2D eigenvalue weighted by molar-refractivity contribution is 7.09. The maximum absolute atomic E-state index is 12.2. The summed E-state index contributed by atoms with van der Waals surface area (Å²) >= 11 is 1.59. The molecule has 1 fully saturated rings. The van der Waals surface area contributed by atoms with Crippen LogP contribution in [0.5, 0.6) is 0 Å². The van der Waals surface area contributed by atoms with Crippen LogP contribution in [0, 0.1) is 12.3 Å². The molecule has 0 radical (unpaired) electrons. The molecular weight excluding hydrogens is 220 g/mol. The second-order valence-corrected chi connectivity index (χ2v) is 5.74. The molecule has 1 aliphatic rings. The summed E-state index contributed by atoms with van der Waals surface area (Å²) < 4.78 is 0. The van der Waals surface area contributed by atoms with E-state index in [9.17, 15) is 4.79 Å². The molecule has 0 amide bonds. The predicted molar refractivity (Wildman–Crippen MR) is 65.8 cm³/mol. The Bertz CT molecular complexity index is 380. The lowest BCUT2D eigenvalue weighted by molar-refractivity contribution is -0.128. The van der Waals surface area contributed by atoms with Crippen molar-refractivity contribution in [2.75, 3.05) is 13.1 Å². The van der Waals surface area contributed by atoms with Gasteiger partial charge in [-0.3, -0.25) is 4.79 Å². The van der Waals surface area contributed by atoms with Crippen LogP contribution in [0.25, 0.3) is 0 Å². The van der Waals surface area contributed by atoms with E-state index in [1.54, 1.807) is 11.3 Å². The van der Waals surface area contributed by atoms with Gasteiger partial charge in [0.15, 0.2) is 0 Å². The number of hydrogen-bond donors (Lipinski definition) is 1. The molecule has 0 aliphatic carbocycles. The summed E-state index contributed by atoms with van der Waals surface area (Å²) in [4.78, 5) is 16.6. The number of Topliss-reactive ketones (excluding diaryl/α,β-unsaturated/α-hetero) is 1. The third-order valence-corrected chi connectivity index (χ3v) is 4.33. The van der Waals surface area contributed by atoms with E-state index >= 15 is 0 Å². The monoisotopic (exact) mass is 238 g/mol. The van der Waals surface area contributed by atoms with Crippen LogP contribution in [0.2, 0.25) is 0 Å². The molecule has 0 unspecified atom stereocenters. The van der Waals surface area contributed by atoms with Crippen molar-refractivity contribution < 1.29 is 4.79 Å². The molecule has 1 aliphatic heterocycles. The maximum Gasteiger partial charge on any atom is 0.145 e. The fourth-order valence-corrected chi connectivity index (χ4v) is 2.86. The van der Waals surface area contributed by atoms with Gasteiger partial charge in [-0.05, 0) is 32.9 Å². The third-order valence-electron chi connectivity index (χ3n) is 3.36. The maximum atomic E-state index is 12.2. The van der Waals surface area contributed by atoms with E-state index in [-0.39, 0.29) is 5.41 Å². The molecule has 1 aromatic rings. The number of nitrogens with zero attached hydrogens (tertiary/aromatic N) is 1. The first kappa shape index (κ1) is 11.7. The molecule has 1 aromatic heterocycles. The Kier molecular flexibility index (Phi) is 3.40. The normalized spacial score (nSPS) is 19.6. The highest BCUT2D eigenvalue weighted by atomic mass is 32.1. The summed E-state index contributed by atoms with van der Waals surface area (Å²) in [6.07, 6.45) is 2.42. The van der Waals surface area contributed by atoms with Gasteiger partial charge in [-0.25, -0.2) is 4.98 Å². The smallest absolute Gasteiger partial charge is 0.145 e. The van der Waals surface area contributed by atoms with Crippen LogP contribution in [-0.4, -0.2) is 23.9 Å². The van der Waals surface area contributed by atoms with Crippen molar-refractivity contribution in [3.05, 3.63) is 16.1 Å². The topological polar surface area (TPSA) is 42.0 Å². The van der Waals surface area contributed by atoms with Crippen molar-refractivity contribution in [1.82, 2.24) is 10.3 Å². The van der Waals surface area contributed by atoms with Gasteiger partial charge in [-0.1, -0.05) is 6.92 Å². The van der Waals surface area contributed by atoms with Crippen molar-refractivity contribution >= 4 is 17.1 Å². The number of hydrogen-bond acceptors (Lipinski definition) is 4. The average Bonchev–Trinajstić information content (AvgIpc) is 2.65. The third kappa shape index (κ3) is 2.50. The van der Waals surface area contributed by atoms with Gasteiger partial charge in [-0.15, -0.1) is 11.3 Å². The van der Waals surface area contributed by atoms with E-state index in [0.29, 0.717) is 12.2 Å². The van der Waals surface area contributed by atoms with Gasteiger partial charge in [-0.2, -0.15) is 0 Å². The zero-order valence-corrected chi connectivity index (χ0v) is 10.7. The van der Waals surface area contributed by atoms with Gasteiger partial charge in [0.25, 0.3) is 0 Å². The predicted octanol–water partition coefficient (Wildman–Crippen LogP) is 1.95. The number of rotatable bonds is 3. The van der Waals surface area contributed by atoms with Crippen molar-refractivity contribution in [3.8, 4) is 0 Å². The van der Waals surface area contributed by atoms with Crippen molar-refractivity contribution in [2.24, 2.45) is 5.41 Å². The Morgan fingerprint density at radius 3 is 2.81 bits per heavy atom. The van der Waals surface area contributed by atoms with Gasteiger partial charge in [0.05, 0.1) is 6.42 Å². The molecule has 4 heteroatoms. The van der Waals surface area contributed by atoms with Crippen molar-refractivity contribution in [2.45, 2.75) is 33.1 Å². The Morgan fingerprint density at radius 2 is 2.25 bits per heavy atom. The number of nitrogens with one attached hydrogen (secondary N) is 1. The summed E-state index contributed by atoms with van der Waals surface area (Å²) in [5.74, 6) is 0.350. The molecule has 0 bridgehead atoms. The van der Waals surface area contributed by atoms with Crippen molar-refractivity contribution in [3.63, 3.8) is 0 Å². The number of aryl methyl sites for hydroxylation is 1. The summed E-state index contributed by atoms with van der Waals surface area (Å²) in [5.41, 5.74) is 0.883. The Labute approximate surface area is 100 Å². The molecule has 0 aromatic carbocycles. The van der Waals surface area contributed by atoms with Gasteiger partial charge in [0, 0.05) is 16.5 Å². The summed E-state index contributed by atoms with van der Waals surface area (Å²) in [5, 5.41) is 6.27. The standard InChI is InChI=1S/C12H18N2OS/c1-9-8-16-11(14-9)7-10(15)12(2)3-5-13-6-4-12/h8,13H,3-7H2,1-2H3. The van der Waals surface area contributed by atoms with E-state index in [4.69, 9.17) is 0 Å². The quantitative estimate of drug-likeness (QED) is 0.875. The highest BCUT2D eigenvalue weighted by Crippen LogP contribution is 2.30. The lowest BCUT2D eigenvalue weighted by atomic mass is 9.76. The number of piperidine rings is 1. The molecule has 2 heterocycles. The second kappa shape index (κ2) is 4.63. The molecular formula is C12H18N2OS. The van der Waals surface area contributed by atoms with Gasteiger partial charge in [0.1, 0.15) is 10.8 Å². The van der Waals surface area contributed by atoms with Crippen LogP contribution in [0.4, 0.5) is 0 Å². The first-order valence-corrected chi connectivity index (χ1v) is 6.63. The zero-order chi connectivity index (χ0) is 11.6. The number of carbonyl (C=O) groups is 1.